The monoisotopic (exact) mass is 424 g/mol. The fourth-order valence-electron chi connectivity index (χ4n) is 2.98. The molecule has 1 fully saturated rings. The molecule has 10 nitrogen and oxygen atoms in total. The van der Waals surface area contributed by atoms with Crippen molar-refractivity contribution < 1.29 is 38.5 Å². The molecule has 2 aliphatic heterocycles. The van der Waals surface area contributed by atoms with Gasteiger partial charge in [-0.15, -0.1) is 0 Å². The fourth-order valence-corrected chi connectivity index (χ4v) is 2.98. The number of carboxylic acid groups (broad SMARTS) is 1. The number of barbiturate groups is 1. The van der Waals surface area contributed by atoms with Gasteiger partial charge in [-0.05, 0) is 42.8 Å². The van der Waals surface area contributed by atoms with Crippen molar-refractivity contribution in [3.05, 3.63) is 53.6 Å². The topological polar surface area (TPSA) is 131 Å². The summed E-state index contributed by atoms with van der Waals surface area (Å²) in [5.74, 6) is -1.55. The number of benzene rings is 2. The van der Waals surface area contributed by atoms with Gasteiger partial charge in [0.2, 0.25) is 6.79 Å². The van der Waals surface area contributed by atoms with Gasteiger partial charge in [0.05, 0.1) is 5.69 Å². The summed E-state index contributed by atoms with van der Waals surface area (Å²) < 4.78 is 15.7. The number of ether oxygens (including phenoxy) is 3. The van der Waals surface area contributed by atoms with Crippen molar-refractivity contribution in [2.24, 2.45) is 0 Å². The lowest BCUT2D eigenvalue weighted by molar-refractivity contribution is -0.144. The van der Waals surface area contributed by atoms with Crippen LogP contribution >= 0.6 is 0 Å². The SMILES string of the molecule is CC(Oc1ccc(/C=C2\C(=O)NC(=O)N(c3ccc4c(c3)OCO4)C2=O)cc1)C(=O)O. The Bertz CT molecular complexity index is 1120. The molecule has 0 saturated carbocycles. The summed E-state index contributed by atoms with van der Waals surface area (Å²) in [5.41, 5.74) is 0.454. The lowest BCUT2D eigenvalue weighted by Gasteiger charge is -2.26. The molecule has 0 aromatic heterocycles. The first kappa shape index (κ1) is 20.0. The second kappa shape index (κ2) is 7.82. The van der Waals surface area contributed by atoms with E-state index >= 15 is 0 Å². The highest BCUT2D eigenvalue weighted by Crippen LogP contribution is 2.36. The van der Waals surface area contributed by atoms with Crippen molar-refractivity contribution in [2.75, 3.05) is 11.7 Å². The van der Waals surface area contributed by atoms with Crippen molar-refractivity contribution in [1.82, 2.24) is 5.32 Å². The summed E-state index contributed by atoms with van der Waals surface area (Å²) in [4.78, 5) is 49.3. The quantitative estimate of drug-likeness (QED) is 0.550. The Labute approximate surface area is 175 Å². The predicted octanol–water partition coefficient (Wildman–Crippen LogP) is 1.93. The van der Waals surface area contributed by atoms with E-state index in [9.17, 15) is 19.2 Å². The highest BCUT2D eigenvalue weighted by atomic mass is 16.7. The van der Waals surface area contributed by atoms with Crippen LogP contribution in [0, 0.1) is 0 Å². The molecule has 31 heavy (non-hydrogen) atoms. The molecule has 158 valence electrons. The van der Waals surface area contributed by atoms with Crippen LogP contribution in [0.4, 0.5) is 10.5 Å². The van der Waals surface area contributed by atoms with Crippen molar-refractivity contribution in [1.29, 1.82) is 0 Å². The number of imide groups is 2. The van der Waals surface area contributed by atoms with Crippen LogP contribution in [-0.4, -0.2) is 41.8 Å². The van der Waals surface area contributed by atoms with E-state index in [0.717, 1.165) is 4.90 Å². The first-order valence-electron chi connectivity index (χ1n) is 9.14. The number of fused-ring (bicyclic) bond motifs is 1. The summed E-state index contributed by atoms with van der Waals surface area (Å²) in [7, 11) is 0. The molecular formula is C21H16N2O8. The molecule has 2 aliphatic rings. The number of nitrogens with one attached hydrogen (secondary N) is 1. The van der Waals surface area contributed by atoms with E-state index in [-0.39, 0.29) is 18.1 Å². The average Bonchev–Trinajstić information content (AvgIpc) is 3.20. The smallest absolute Gasteiger partial charge is 0.344 e. The maximum absolute atomic E-state index is 13.0. The van der Waals surface area contributed by atoms with Gasteiger partial charge >= 0.3 is 12.0 Å². The number of rotatable bonds is 5. The van der Waals surface area contributed by atoms with Gasteiger partial charge in [0, 0.05) is 6.07 Å². The Kier molecular flexibility index (Phi) is 5.04. The van der Waals surface area contributed by atoms with Crippen molar-refractivity contribution >= 4 is 35.6 Å². The molecule has 4 amide bonds. The summed E-state index contributed by atoms with van der Waals surface area (Å²) >= 11 is 0. The summed E-state index contributed by atoms with van der Waals surface area (Å²) in [6.07, 6.45) is 0.297. The minimum Gasteiger partial charge on any atom is -0.479 e. The van der Waals surface area contributed by atoms with Crippen molar-refractivity contribution in [2.45, 2.75) is 13.0 Å². The molecule has 1 unspecified atom stereocenters. The van der Waals surface area contributed by atoms with E-state index in [1.165, 1.54) is 37.3 Å². The van der Waals surface area contributed by atoms with Crippen molar-refractivity contribution in [3.8, 4) is 17.2 Å². The first-order valence-corrected chi connectivity index (χ1v) is 9.14. The molecule has 1 atom stereocenters. The Morgan fingerprint density at radius 2 is 1.84 bits per heavy atom. The predicted molar refractivity (Wildman–Crippen MR) is 106 cm³/mol. The molecule has 2 aromatic carbocycles. The van der Waals surface area contributed by atoms with Crippen LogP contribution in [0.15, 0.2) is 48.0 Å². The first-order chi connectivity index (χ1) is 14.8. The van der Waals surface area contributed by atoms with Gasteiger partial charge in [0.1, 0.15) is 11.3 Å². The largest absolute Gasteiger partial charge is 0.479 e. The zero-order chi connectivity index (χ0) is 22.1. The average molecular weight is 424 g/mol. The number of carboxylic acids is 1. The maximum atomic E-state index is 13.0. The van der Waals surface area contributed by atoms with Crippen LogP contribution in [0.1, 0.15) is 12.5 Å². The Balaban J connectivity index is 1.59. The number of aliphatic carboxylic acids is 1. The Hall–Kier alpha value is -4.34. The molecule has 2 N–H and O–H groups in total. The van der Waals surface area contributed by atoms with Gasteiger partial charge < -0.3 is 19.3 Å². The molecule has 10 heteroatoms. The van der Waals surface area contributed by atoms with E-state index < -0.39 is 29.9 Å². The third-order valence-corrected chi connectivity index (χ3v) is 4.57. The lowest BCUT2D eigenvalue weighted by atomic mass is 10.1. The lowest BCUT2D eigenvalue weighted by Crippen LogP contribution is -2.54. The normalized spacial score (nSPS) is 17.5. The second-order valence-electron chi connectivity index (χ2n) is 6.66. The van der Waals surface area contributed by atoms with E-state index in [1.54, 1.807) is 18.2 Å². The molecule has 0 radical (unpaired) electrons. The number of anilines is 1. The van der Waals surface area contributed by atoms with Gasteiger partial charge in [-0.3, -0.25) is 14.9 Å². The zero-order valence-electron chi connectivity index (χ0n) is 16.2. The van der Waals surface area contributed by atoms with Gasteiger partial charge in [0.15, 0.2) is 17.6 Å². The number of urea groups is 1. The van der Waals surface area contributed by atoms with E-state index in [2.05, 4.69) is 5.32 Å². The second-order valence-corrected chi connectivity index (χ2v) is 6.66. The van der Waals surface area contributed by atoms with Crippen LogP contribution in [0.3, 0.4) is 0 Å². The van der Waals surface area contributed by atoms with Crippen LogP contribution in [0.5, 0.6) is 17.2 Å². The third-order valence-electron chi connectivity index (χ3n) is 4.57. The molecule has 0 spiro atoms. The van der Waals surface area contributed by atoms with Gasteiger partial charge in [-0.2, -0.15) is 0 Å². The third kappa shape index (κ3) is 3.90. The summed E-state index contributed by atoms with van der Waals surface area (Å²) in [6, 6.07) is 9.80. The summed E-state index contributed by atoms with van der Waals surface area (Å²) in [6.45, 7) is 1.43. The molecule has 0 bridgehead atoms. The van der Waals surface area contributed by atoms with E-state index in [4.69, 9.17) is 19.3 Å². The number of hydrogen-bond acceptors (Lipinski definition) is 7. The number of amides is 4. The van der Waals surface area contributed by atoms with E-state index in [1.807, 2.05) is 0 Å². The van der Waals surface area contributed by atoms with Gasteiger partial charge in [-0.1, -0.05) is 12.1 Å². The molecule has 0 aliphatic carbocycles. The van der Waals surface area contributed by atoms with Crippen LogP contribution in [0.25, 0.3) is 6.08 Å². The number of hydrogen-bond donors (Lipinski definition) is 2. The molecular weight excluding hydrogens is 408 g/mol. The standard InChI is InChI=1S/C21H16N2O8/c1-11(20(26)27)31-14-5-2-12(3-6-14)8-15-18(24)22-21(28)23(19(15)25)13-4-7-16-17(9-13)30-10-29-16/h2-9,11H,10H2,1H3,(H,26,27)(H,22,24,28)/b15-8+. The van der Waals surface area contributed by atoms with Gasteiger partial charge in [0.25, 0.3) is 11.8 Å². The molecule has 1 saturated heterocycles. The Morgan fingerprint density at radius 3 is 2.55 bits per heavy atom. The zero-order valence-corrected chi connectivity index (χ0v) is 16.2. The number of carbonyl (C=O) groups excluding carboxylic acids is 3. The van der Waals surface area contributed by atoms with Crippen LogP contribution < -0.4 is 24.4 Å². The number of carbonyl (C=O) groups is 4. The molecule has 2 heterocycles. The minimum atomic E-state index is -1.11. The van der Waals surface area contributed by atoms with E-state index in [0.29, 0.717) is 22.8 Å². The Morgan fingerprint density at radius 1 is 1.13 bits per heavy atom. The minimum absolute atomic E-state index is 0.0352. The van der Waals surface area contributed by atoms with Crippen LogP contribution in [0.2, 0.25) is 0 Å². The molecule has 4 rings (SSSR count). The highest BCUT2D eigenvalue weighted by molar-refractivity contribution is 6.39. The van der Waals surface area contributed by atoms with Crippen molar-refractivity contribution in [3.63, 3.8) is 0 Å². The molecule has 2 aromatic rings. The maximum Gasteiger partial charge on any atom is 0.344 e. The van der Waals surface area contributed by atoms with Gasteiger partial charge in [-0.25, -0.2) is 14.5 Å². The number of nitrogens with zero attached hydrogens (tertiary/aromatic N) is 1. The fraction of sp³-hybridized carbons (Fsp3) is 0.143. The highest BCUT2D eigenvalue weighted by Gasteiger charge is 2.37. The summed E-state index contributed by atoms with van der Waals surface area (Å²) in [5, 5.41) is 11.0. The van der Waals surface area contributed by atoms with Crippen LogP contribution in [-0.2, 0) is 14.4 Å².